The number of hydrogen-bond acceptors (Lipinski definition) is 2. The minimum absolute atomic E-state index is 0.126. The van der Waals surface area contributed by atoms with Gasteiger partial charge in [-0.05, 0) is 29.2 Å². The minimum Gasteiger partial charge on any atom is -0.481 e. The van der Waals surface area contributed by atoms with E-state index >= 15 is 0 Å². The maximum absolute atomic E-state index is 10.7. The molecule has 0 saturated heterocycles. The number of rotatable bonds is 7. The molecule has 1 aromatic rings. The number of carbonyl (C=O) groups is 1. The number of thioether (sulfide) groups is 1. The SMILES string of the molecule is CC(C)CCSCc1ccccc1CC(=O)O. The third-order valence-electron chi connectivity index (χ3n) is 2.56. The summed E-state index contributed by atoms with van der Waals surface area (Å²) in [5.74, 6) is 2.02. The molecule has 0 saturated carbocycles. The summed E-state index contributed by atoms with van der Waals surface area (Å²) in [4.78, 5) is 10.7. The van der Waals surface area contributed by atoms with E-state index in [2.05, 4.69) is 13.8 Å². The van der Waals surface area contributed by atoms with Crippen molar-refractivity contribution in [2.45, 2.75) is 32.4 Å². The molecule has 1 N–H and O–H groups in total. The Labute approximate surface area is 107 Å². The maximum Gasteiger partial charge on any atom is 0.307 e. The summed E-state index contributed by atoms with van der Waals surface area (Å²) in [6.07, 6.45) is 1.34. The van der Waals surface area contributed by atoms with Crippen molar-refractivity contribution in [2.24, 2.45) is 5.92 Å². The van der Waals surface area contributed by atoms with Gasteiger partial charge in [-0.15, -0.1) is 0 Å². The number of hydrogen-bond donors (Lipinski definition) is 1. The van der Waals surface area contributed by atoms with Crippen LogP contribution in [0.1, 0.15) is 31.4 Å². The van der Waals surface area contributed by atoms with Gasteiger partial charge in [0, 0.05) is 5.75 Å². The van der Waals surface area contributed by atoms with Gasteiger partial charge in [0.25, 0.3) is 0 Å². The van der Waals surface area contributed by atoms with Crippen LogP contribution in [0.3, 0.4) is 0 Å². The molecule has 0 heterocycles. The Hall–Kier alpha value is -0.960. The fraction of sp³-hybridized carbons (Fsp3) is 0.500. The van der Waals surface area contributed by atoms with E-state index in [-0.39, 0.29) is 6.42 Å². The highest BCUT2D eigenvalue weighted by Crippen LogP contribution is 2.19. The van der Waals surface area contributed by atoms with Crippen molar-refractivity contribution in [1.82, 2.24) is 0 Å². The van der Waals surface area contributed by atoms with Gasteiger partial charge in [-0.3, -0.25) is 4.79 Å². The number of benzene rings is 1. The second-order valence-electron chi connectivity index (χ2n) is 4.57. The highest BCUT2D eigenvalue weighted by atomic mass is 32.2. The van der Waals surface area contributed by atoms with Gasteiger partial charge in [0.15, 0.2) is 0 Å². The molecule has 1 aromatic carbocycles. The van der Waals surface area contributed by atoms with Gasteiger partial charge in [0.2, 0.25) is 0 Å². The van der Waals surface area contributed by atoms with Gasteiger partial charge in [-0.25, -0.2) is 0 Å². The fourth-order valence-electron chi connectivity index (χ4n) is 1.53. The molecule has 0 amide bonds. The van der Waals surface area contributed by atoms with Gasteiger partial charge in [-0.2, -0.15) is 11.8 Å². The Morgan fingerprint density at radius 3 is 2.53 bits per heavy atom. The van der Waals surface area contributed by atoms with Crippen LogP contribution < -0.4 is 0 Å². The quantitative estimate of drug-likeness (QED) is 0.753. The van der Waals surface area contributed by atoms with Crippen LogP contribution in [0.4, 0.5) is 0 Å². The molecule has 0 atom stereocenters. The smallest absolute Gasteiger partial charge is 0.307 e. The number of carboxylic acid groups (broad SMARTS) is 1. The molecule has 17 heavy (non-hydrogen) atoms. The summed E-state index contributed by atoms with van der Waals surface area (Å²) in [6.45, 7) is 4.44. The first-order valence-corrected chi connectivity index (χ1v) is 7.11. The first kappa shape index (κ1) is 14.1. The fourth-order valence-corrected chi connectivity index (χ4v) is 2.82. The zero-order valence-corrected chi connectivity index (χ0v) is 11.3. The molecule has 0 fully saturated rings. The molecule has 3 heteroatoms. The van der Waals surface area contributed by atoms with E-state index < -0.39 is 5.97 Å². The second-order valence-corrected chi connectivity index (χ2v) is 5.68. The van der Waals surface area contributed by atoms with Crippen molar-refractivity contribution >= 4 is 17.7 Å². The Kier molecular flexibility index (Phi) is 6.12. The second kappa shape index (κ2) is 7.38. The summed E-state index contributed by atoms with van der Waals surface area (Å²) in [7, 11) is 0. The lowest BCUT2D eigenvalue weighted by atomic mass is 10.1. The highest BCUT2D eigenvalue weighted by Gasteiger charge is 2.06. The molecule has 0 aliphatic heterocycles. The lowest BCUT2D eigenvalue weighted by Gasteiger charge is -2.08. The Bertz CT molecular complexity index is 361. The zero-order valence-electron chi connectivity index (χ0n) is 10.5. The van der Waals surface area contributed by atoms with Crippen LogP contribution in [0.5, 0.6) is 0 Å². The van der Waals surface area contributed by atoms with Gasteiger partial charge in [0.1, 0.15) is 0 Å². The van der Waals surface area contributed by atoms with Crippen LogP contribution in [0.2, 0.25) is 0 Å². The normalized spacial score (nSPS) is 10.8. The standard InChI is InChI=1S/C14H20O2S/c1-11(2)7-8-17-10-13-6-4-3-5-12(13)9-14(15)16/h3-6,11H,7-10H2,1-2H3,(H,15,16). The first-order valence-electron chi connectivity index (χ1n) is 5.96. The summed E-state index contributed by atoms with van der Waals surface area (Å²) in [5.41, 5.74) is 2.10. The van der Waals surface area contributed by atoms with Crippen LogP contribution in [0.15, 0.2) is 24.3 Å². The van der Waals surface area contributed by atoms with Crippen LogP contribution in [0.25, 0.3) is 0 Å². The number of carboxylic acids is 1. The van der Waals surface area contributed by atoms with Gasteiger partial charge in [0.05, 0.1) is 6.42 Å². The van der Waals surface area contributed by atoms with E-state index in [4.69, 9.17) is 5.11 Å². The Morgan fingerprint density at radius 1 is 1.29 bits per heavy atom. The van der Waals surface area contributed by atoms with Crippen molar-refractivity contribution < 1.29 is 9.90 Å². The summed E-state index contributed by atoms with van der Waals surface area (Å²) < 4.78 is 0. The van der Waals surface area contributed by atoms with Crippen LogP contribution >= 0.6 is 11.8 Å². The van der Waals surface area contributed by atoms with E-state index in [9.17, 15) is 4.79 Å². The molecule has 0 aliphatic carbocycles. The van der Waals surface area contributed by atoms with E-state index in [0.717, 1.165) is 28.6 Å². The van der Waals surface area contributed by atoms with Gasteiger partial charge >= 0.3 is 5.97 Å². The average molecular weight is 252 g/mol. The molecule has 0 bridgehead atoms. The molecule has 94 valence electrons. The molecule has 2 nitrogen and oxygen atoms in total. The predicted octanol–water partition coefficient (Wildman–Crippen LogP) is 3.59. The Morgan fingerprint density at radius 2 is 1.94 bits per heavy atom. The summed E-state index contributed by atoms with van der Waals surface area (Å²) in [6, 6.07) is 7.82. The van der Waals surface area contributed by atoms with E-state index in [1.165, 1.54) is 6.42 Å². The zero-order chi connectivity index (χ0) is 12.7. The van der Waals surface area contributed by atoms with E-state index in [1.54, 1.807) is 0 Å². The molecular formula is C14H20O2S. The summed E-state index contributed by atoms with van der Waals surface area (Å²) >= 11 is 1.88. The molecule has 0 unspecified atom stereocenters. The monoisotopic (exact) mass is 252 g/mol. The lowest BCUT2D eigenvalue weighted by Crippen LogP contribution is -2.03. The third-order valence-corrected chi connectivity index (χ3v) is 3.60. The topological polar surface area (TPSA) is 37.3 Å². The molecule has 0 spiro atoms. The van der Waals surface area contributed by atoms with E-state index in [1.807, 2.05) is 36.0 Å². The molecule has 1 rings (SSSR count). The van der Waals surface area contributed by atoms with Crippen molar-refractivity contribution in [1.29, 1.82) is 0 Å². The van der Waals surface area contributed by atoms with E-state index in [0.29, 0.717) is 0 Å². The average Bonchev–Trinajstić information content (AvgIpc) is 2.25. The van der Waals surface area contributed by atoms with Crippen molar-refractivity contribution in [2.75, 3.05) is 5.75 Å². The molecule has 0 radical (unpaired) electrons. The molecule has 0 aliphatic rings. The highest BCUT2D eigenvalue weighted by molar-refractivity contribution is 7.98. The molecule has 0 aromatic heterocycles. The van der Waals surface area contributed by atoms with Gasteiger partial charge < -0.3 is 5.11 Å². The van der Waals surface area contributed by atoms with Crippen molar-refractivity contribution in [3.8, 4) is 0 Å². The largest absolute Gasteiger partial charge is 0.481 e. The van der Waals surface area contributed by atoms with Crippen LogP contribution in [-0.2, 0) is 17.0 Å². The van der Waals surface area contributed by atoms with Crippen LogP contribution in [0, 0.1) is 5.92 Å². The van der Waals surface area contributed by atoms with Crippen LogP contribution in [-0.4, -0.2) is 16.8 Å². The first-order chi connectivity index (χ1) is 8.09. The van der Waals surface area contributed by atoms with Crippen molar-refractivity contribution in [3.05, 3.63) is 35.4 Å². The minimum atomic E-state index is -0.760. The lowest BCUT2D eigenvalue weighted by molar-refractivity contribution is -0.136. The van der Waals surface area contributed by atoms with Crippen molar-refractivity contribution in [3.63, 3.8) is 0 Å². The number of aliphatic carboxylic acids is 1. The Balaban J connectivity index is 2.49. The molecular weight excluding hydrogens is 232 g/mol. The summed E-state index contributed by atoms with van der Waals surface area (Å²) in [5, 5.41) is 8.83. The third kappa shape index (κ3) is 5.78. The maximum atomic E-state index is 10.7. The van der Waals surface area contributed by atoms with Gasteiger partial charge in [-0.1, -0.05) is 38.1 Å². The predicted molar refractivity (Wildman–Crippen MR) is 73.4 cm³/mol.